The highest BCUT2D eigenvalue weighted by Crippen LogP contribution is 2.23. The van der Waals surface area contributed by atoms with Crippen molar-refractivity contribution in [1.82, 2.24) is 4.98 Å². The van der Waals surface area contributed by atoms with Crippen LogP contribution in [0.25, 0.3) is 0 Å². The minimum absolute atomic E-state index is 0.488. The van der Waals surface area contributed by atoms with Crippen LogP contribution in [0.4, 0.5) is 5.82 Å². The quantitative estimate of drug-likeness (QED) is 0.900. The summed E-state index contributed by atoms with van der Waals surface area (Å²) < 4.78 is 0. The Morgan fingerprint density at radius 2 is 2.22 bits per heavy atom. The fourth-order valence-corrected chi connectivity index (χ4v) is 2.59. The Morgan fingerprint density at radius 1 is 1.39 bits per heavy atom. The van der Waals surface area contributed by atoms with Crippen LogP contribution in [-0.2, 0) is 6.42 Å². The molecule has 2 aromatic heterocycles. The minimum Gasteiger partial charge on any atom is -0.389 e. The molecule has 18 heavy (non-hydrogen) atoms. The number of hydrogen-bond acceptors (Lipinski definition) is 4. The van der Waals surface area contributed by atoms with Gasteiger partial charge in [-0.25, -0.2) is 4.98 Å². The number of pyridine rings is 1. The molecule has 0 aliphatic carbocycles. The van der Waals surface area contributed by atoms with Crippen LogP contribution < -0.4 is 4.90 Å². The molecule has 4 heteroatoms. The monoisotopic (exact) mass is 262 g/mol. The van der Waals surface area contributed by atoms with Crippen molar-refractivity contribution in [2.45, 2.75) is 19.4 Å². The second-order valence-electron chi connectivity index (χ2n) is 4.34. The number of thiophene rings is 1. The van der Waals surface area contributed by atoms with Crippen molar-refractivity contribution in [3.05, 3.63) is 46.3 Å². The Hall–Kier alpha value is -1.39. The molecule has 0 saturated heterocycles. The Labute approximate surface area is 112 Å². The van der Waals surface area contributed by atoms with E-state index in [0.717, 1.165) is 24.3 Å². The minimum atomic E-state index is -0.488. The first-order chi connectivity index (χ1) is 8.68. The van der Waals surface area contributed by atoms with E-state index in [9.17, 15) is 5.11 Å². The molecule has 0 fully saturated rings. The molecule has 0 spiro atoms. The number of aliphatic hydroxyl groups excluding tert-OH is 1. The summed E-state index contributed by atoms with van der Waals surface area (Å²) in [5, 5.41) is 11.8. The SMILES string of the molecule is C[C@H](O)c1cccnc1N(C)CCc1cccs1. The van der Waals surface area contributed by atoms with E-state index >= 15 is 0 Å². The molecule has 2 rings (SSSR count). The lowest BCUT2D eigenvalue weighted by atomic mass is 10.1. The molecule has 0 aliphatic heterocycles. The Morgan fingerprint density at radius 3 is 2.89 bits per heavy atom. The van der Waals surface area contributed by atoms with Crippen LogP contribution in [0.1, 0.15) is 23.5 Å². The van der Waals surface area contributed by atoms with Crippen molar-refractivity contribution in [3.8, 4) is 0 Å². The standard InChI is InChI=1S/C14H18N2OS/c1-11(17)13-6-3-8-15-14(13)16(2)9-7-12-5-4-10-18-12/h3-6,8,10-11,17H,7,9H2,1-2H3/t11-/m0/s1. The predicted molar refractivity (Wildman–Crippen MR) is 76.2 cm³/mol. The Kier molecular flexibility index (Phi) is 4.33. The van der Waals surface area contributed by atoms with Gasteiger partial charge in [-0.05, 0) is 30.9 Å². The van der Waals surface area contributed by atoms with Crippen LogP contribution in [0.3, 0.4) is 0 Å². The molecule has 0 aromatic carbocycles. The van der Waals surface area contributed by atoms with Crippen molar-refractivity contribution < 1.29 is 5.11 Å². The summed E-state index contributed by atoms with van der Waals surface area (Å²) in [6.45, 7) is 2.67. The number of likely N-dealkylation sites (N-methyl/N-ethyl adjacent to an activating group) is 1. The molecular weight excluding hydrogens is 244 g/mol. The van der Waals surface area contributed by atoms with Gasteiger partial charge in [-0.15, -0.1) is 11.3 Å². The van der Waals surface area contributed by atoms with Gasteiger partial charge in [0, 0.05) is 30.2 Å². The van der Waals surface area contributed by atoms with E-state index in [0.29, 0.717) is 0 Å². The highest BCUT2D eigenvalue weighted by atomic mass is 32.1. The zero-order valence-corrected chi connectivity index (χ0v) is 11.5. The first-order valence-electron chi connectivity index (χ1n) is 6.05. The number of hydrogen-bond donors (Lipinski definition) is 1. The first kappa shape index (κ1) is 13.1. The zero-order chi connectivity index (χ0) is 13.0. The fraction of sp³-hybridized carbons (Fsp3) is 0.357. The van der Waals surface area contributed by atoms with Crippen molar-refractivity contribution in [3.63, 3.8) is 0 Å². The summed E-state index contributed by atoms with van der Waals surface area (Å²) in [6, 6.07) is 8.00. The molecule has 0 unspecified atom stereocenters. The van der Waals surface area contributed by atoms with Crippen molar-refractivity contribution in [1.29, 1.82) is 0 Å². The van der Waals surface area contributed by atoms with Gasteiger partial charge in [-0.1, -0.05) is 12.1 Å². The predicted octanol–water partition coefficient (Wildman–Crippen LogP) is 2.88. The summed E-state index contributed by atoms with van der Waals surface area (Å²) in [7, 11) is 2.02. The molecule has 2 heterocycles. The van der Waals surface area contributed by atoms with Crippen LogP contribution >= 0.6 is 11.3 Å². The molecular formula is C14H18N2OS. The Bertz CT molecular complexity index is 482. The van der Waals surface area contributed by atoms with Gasteiger partial charge in [0.2, 0.25) is 0 Å². The van der Waals surface area contributed by atoms with E-state index in [1.807, 2.05) is 19.2 Å². The maximum Gasteiger partial charge on any atom is 0.134 e. The van der Waals surface area contributed by atoms with E-state index in [2.05, 4.69) is 27.4 Å². The molecule has 1 N–H and O–H groups in total. The maximum absolute atomic E-state index is 9.74. The molecule has 0 bridgehead atoms. The topological polar surface area (TPSA) is 36.4 Å². The van der Waals surface area contributed by atoms with Gasteiger partial charge in [0.1, 0.15) is 5.82 Å². The lowest BCUT2D eigenvalue weighted by Gasteiger charge is -2.21. The third-order valence-electron chi connectivity index (χ3n) is 2.90. The third-order valence-corrected chi connectivity index (χ3v) is 3.84. The molecule has 0 radical (unpaired) electrons. The lowest BCUT2D eigenvalue weighted by Crippen LogP contribution is -2.23. The first-order valence-corrected chi connectivity index (χ1v) is 6.93. The summed E-state index contributed by atoms with van der Waals surface area (Å²) >= 11 is 1.77. The average molecular weight is 262 g/mol. The maximum atomic E-state index is 9.74. The second-order valence-corrected chi connectivity index (χ2v) is 5.38. The highest BCUT2D eigenvalue weighted by molar-refractivity contribution is 7.09. The normalized spacial score (nSPS) is 12.4. The van der Waals surface area contributed by atoms with Crippen molar-refractivity contribution in [2.24, 2.45) is 0 Å². The van der Waals surface area contributed by atoms with Gasteiger partial charge in [-0.2, -0.15) is 0 Å². The van der Waals surface area contributed by atoms with Crippen molar-refractivity contribution >= 4 is 17.2 Å². The van der Waals surface area contributed by atoms with Crippen LogP contribution in [0.2, 0.25) is 0 Å². The molecule has 0 aliphatic rings. The van der Waals surface area contributed by atoms with E-state index < -0.39 is 6.10 Å². The van der Waals surface area contributed by atoms with Gasteiger partial charge in [0.05, 0.1) is 6.10 Å². The van der Waals surface area contributed by atoms with Crippen LogP contribution in [0, 0.1) is 0 Å². The number of aliphatic hydroxyl groups is 1. The van der Waals surface area contributed by atoms with Crippen molar-refractivity contribution in [2.75, 3.05) is 18.5 Å². The van der Waals surface area contributed by atoms with E-state index in [1.54, 1.807) is 24.5 Å². The molecule has 0 amide bonds. The highest BCUT2D eigenvalue weighted by Gasteiger charge is 2.12. The van der Waals surface area contributed by atoms with Crippen LogP contribution in [0.5, 0.6) is 0 Å². The summed E-state index contributed by atoms with van der Waals surface area (Å²) in [4.78, 5) is 7.84. The molecule has 0 saturated carbocycles. The lowest BCUT2D eigenvalue weighted by molar-refractivity contribution is 0.199. The van der Waals surface area contributed by atoms with E-state index in [4.69, 9.17) is 0 Å². The van der Waals surface area contributed by atoms with Gasteiger partial charge in [-0.3, -0.25) is 0 Å². The van der Waals surface area contributed by atoms with E-state index in [-0.39, 0.29) is 0 Å². The summed E-state index contributed by atoms with van der Waals surface area (Å²) in [6.07, 6.45) is 2.28. The summed E-state index contributed by atoms with van der Waals surface area (Å²) in [5.74, 6) is 0.865. The second kappa shape index (κ2) is 5.98. The summed E-state index contributed by atoms with van der Waals surface area (Å²) in [5.41, 5.74) is 0.881. The fourth-order valence-electron chi connectivity index (χ4n) is 1.89. The van der Waals surface area contributed by atoms with Crippen LogP contribution in [0.15, 0.2) is 35.8 Å². The molecule has 3 nitrogen and oxygen atoms in total. The largest absolute Gasteiger partial charge is 0.389 e. The zero-order valence-electron chi connectivity index (χ0n) is 10.7. The number of nitrogens with zero attached hydrogens (tertiary/aromatic N) is 2. The van der Waals surface area contributed by atoms with E-state index in [1.165, 1.54) is 4.88 Å². The third kappa shape index (κ3) is 3.09. The van der Waals surface area contributed by atoms with Gasteiger partial charge < -0.3 is 10.0 Å². The Balaban J connectivity index is 2.06. The van der Waals surface area contributed by atoms with Gasteiger partial charge in [0.25, 0.3) is 0 Å². The van der Waals surface area contributed by atoms with Crippen LogP contribution in [-0.4, -0.2) is 23.7 Å². The molecule has 96 valence electrons. The average Bonchev–Trinajstić information content (AvgIpc) is 2.89. The number of rotatable bonds is 5. The smallest absolute Gasteiger partial charge is 0.134 e. The van der Waals surface area contributed by atoms with Gasteiger partial charge in [0.15, 0.2) is 0 Å². The number of anilines is 1. The number of aromatic nitrogens is 1. The molecule has 1 atom stereocenters. The van der Waals surface area contributed by atoms with Gasteiger partial charge >= 0.3 is 0 Å². The molecule has 2 aromatic rings.